The second-order valence-electron chi connectivity index (χ2n) is 8.72. The zero-order valence-corrected chi connectivity index (χ0v) is 25.3. The lowest BCUT2D eigenvalue weighted by Crippen LogP contribution is -2.51. The lowest BCUT2D eigenvalue weighted by molar-refractivity contribution is -0.140. The molecule has 12 heteroatoms. The van der Waals surface area contributed by atoms with E-state index in [0.29, 0.717) is 15.6 Å². The predicted octanol–water partition coefficient (Wildman–Crippen LogP) is 6.36. The van der Waals surface area contributed by atoms with Crippen molar-refractivity contribution in [3.05, 3.63) is 91.9 Å². The fourth-order valence-corrected chi connectivity index (χ4v) is 6.28. The molecule has 0 radical (unpaired) electrons. The lowest BCUT2D eigenvalue weighted by Gasteiger charge is -2.33. The monoisotopic (exact) mass is 629 g/mol. The van der Waals surface area contributed by atoms with Crippen molar-refractivity contribution >= 4 is 73.9 Å². The first kappa shape index (κ1) is 31.0. The average Bonchev–Trinajstić information content (AvgIpc) is 2.89. The number of hydrogen-bond acceptors (Lipinski definition) is 4. The van der Waals surface area contributed by atoms with Crippen LogP contribution in [-0.4, -0.2) is 44.8 Å². The molecule has 3 aromatic carbocycles. The van der Waals surface area contributed by atoms with Gasteiger partial charge in [0, 0.05) is 28.7 Å². The van der Waals surface area contributed by atoms with Crippen LogP contribution in [0.3, 0.4) is 0 Å². The van der Waals surface area contributed by atoms with Gasteiger partial charge in [0.25, 0.3) is 10.0 Å². The number of carbonyl (C=O) groups is 2. The van der Waals surface area contributed by atoms with Gasteiger partial charge in [-0.05, 0) is 61.4 Å². The Bertz CT molecular complexity index is 1470. The van der Waals surface area contributed by atoms with Crippen LogP contribution in [0.5, 0.6) is 0 Å². The Balaban J connectivity index is 2.12. The van der Waals surface area contributed by atoms with Crippen molar-refractivity contribution in [1.82, 2.24) is 10.2 Å². The van der Waals surface area contributed by atoms with E-state index >= 15 is 0 Å². The minimum atomic E-state index is -4.28. The maximum absolute atomic E-state index is 14.0. The summed E-state index contributed by atoms with van der Waals surface area (Å²) in [5, 5.41) is 3.58. The molecular formula is C27H27Cl4N3O4S. The van der Waals surface area contributed by atoms with E-state index in [1.807, 2.05) is 6.92 Å². The highest BCUT2D eigenvalue weighted by Gasteiger charge is 2.34. The first-order valence-electron chi connectivity index (χ1n) is 11.9. The van der Waals surface area contributed by atoms with Gasteiger partial charge in [0.1, 0.15) is 12.6 Å². The number of nitrogens with zero attached hydrogens (tertiary/aromatic N) is 2. The van der Waals surface area contributed by atoms with E-state index in [-0.39, 0.29) is 33.6 Å². The molecule has 7 nitrogen and oxygen atoms in total. The zero-order chi connectivity index (χ0) is 28.9. The summed E-state index contributed by atoms with van der Waals surface area (Å²) >= 11 is 25.0. The van der Waals surface area contributed by atoms with E-state index < -0.39 is 34.4 Å². The minimum Gasteiger partial charge on any atom is -0.357 e. The molecule has 0 bridgehead atoms. The summed E-state index contributed by atoms with van der Waals surface area (Å²) < 4.78 is 28.7. The third-order valence-corrected chi connectivity index (χ3v) is 8.97. The van der Waals surface area contributed by atoms with Gasteiger partial charge in [-0.1, -0.05) is 77.1 Å². The van der Waals surface area contributed by atoms with Gasteiger partial charge in [0.15, 0.2) is 0 Å². The summed E-state index contributed by atoms with van der Waals surface area (Å²) in [6, 6.07) is 14.4. The Morgan fingerprint density at radius 3 is 2.10 bits per heavy atom. The third kappa shape index (κ3) is 7.38. The molecule has 0 aromatic heterocycles. The first-order chi connectivity index (χ1) is 18.4. The molecule has 0 aliphatic heterocycles. The van der Waals surface area contributed by atoms with Gasteiger partial charge in [-0.2, -0.15) is 0 Å². The standard InChI is InChI=1S/C27H27Cl4N3O4S/c1-4-24(27(36)32-3)33(15-18-7-8-19(28)13-23(18)31)26(35)16-34(25-14-20(29)9-12-22(25)30)39(37,38)21-10-5-17(2)6-11-21/h5-14,24H,4,15-16H2,1-3H3,(H,32,36)/t24-/m1/s1. The summed E-state index contributed by atoms with van der Waals surface area (Å²) in [6.07, 6.45) is 0.263. The normalized spacial score (nSPS) is 12.1. The van der Waals surface area contributed by atoms with E-state index in [1.54, 1.807) is 31.2 Å². The zero-order valence-electron chi connectivity index (χ0n) is 21.4. The van der Waals surface area contributed by atoms with Crippen molar-refractivity contribution in [2.24, 2.45) is 0 Å². The smallest absolute Gasteiger partial charge is 0.264 e. The molecule has 0 heterocycles. The van der Waals surface area contributed by atoms with Crippen LogP contribution in [-0.2, 0) is 26.2 Å². The van der Waals surface area contributed by atoms with Gasteiger partial charge < -0.3 is 10.2 Å². The highest BCUT2D eigenvalue weighted by atomic mass is 35.5. The minimum absolute atomic E-state index is 0.0237. The quantitative estimate of drug-likeness (QED) is 0.283. The number of benzene rings is 3. The van der Waals surface area contributed by atoms with Crippen molar-refractivity contribution in [1.29, 1.82) is 0 Å². The Morgan fingerprint density at radius 1 is 0.897 bits per heavy atom. The van der Waals surface area contributed by atoms with Gasteiger partial charge >= 0.3 is 0 Å². The number of carbonyl (C=O) groups excluding carboxylic acids is 2. The van der Waals surface area contributed by atoms with Crippen LogP contribution < -0.4 is 9.62 Å². The van der Waals surface area contributed by atoms with Crippen LogP contribution in [0.2, 0.25) is 20.1 Å². The Kier molecular flexibility index (Phi) is 10.5. The first-order valence-corrected chi connectivity index (χ1v) is 14.8. The second kappa shape index (κ2) is 13.2. The van der Waals surface area contributed by atoms with Gasteiger partial charge in [-0.3, -0.25) is 13.9 Å². The number of halogens is 4. The summed E-state index contributed by atoms with van der Waals surface area (Å²) in [7, 11) is -2.82. The molecule has 0 aliphatic rings. The number of aryl methyl sites for hydroxylation is 1. The number of likely N-dealkylation sites (N-methyl/N-ethyl adjacent to an activating group) is 1. The maximum Gasteiger partial charge on any atom is 0.264 e. The summed E-state index contributed by atoms with van der Waals surface area (Å²) in [6.45, 7) is 2.85. The van der Waals surface area contributed by atoms with Crippen LogP contribution in [0.4, 0.5) is 5.69 Å². The Morgan fingerprint density at radius 2 is 1.51 bits per heavy atom. The Hall–Kier alpha value is -2.49. The van der Waals surface area contributed by atoms with Gasteiger partial charge in [-0.15, -0.1) is 0 Å². The van der Waals surface area contributed by atoms with E-state index in [9.17, 15) is 18.0 Å². The van der Waals surface area contributed by atoms with Crippen LogP contribution >= 0.6 is 46.4 Å². The molecule has 0 fully saturated rings. The molecule has 0 unspecified atom stereocenters. The van der Waals surface area contributed by atoms with Gasteiger partial charge in [0.05, 0.1) is 15.6 Å². The van der Waals surface area contributed by atoms with Crippen molar-refractivity contribution in [2.75, 3.05) is 17.9 Å². The molecule has 0 saturated heterocycles. The number of anilines is 1. The van der Waals surface area contributed by atoms with Crippen molar-refractivity contribution in [3.8, 4) is 0 Å². The number of sulfonamides is 1. The molecule has 3 aromatic rings. The average molecular weight is 631 g/mol. The molecule has 3 rings (SSSR count). The summed E-state index contributed by atoms with van der Waals surface area (Å²) in [4.78, 5) is 28.0. The molecule has 208 valence electrons. The third-order valence-electron chi connectivity index (χ3n) is 6.05. The topological polar surface area (TPSA) is 86.8 Å². The lowest BCUT2D eigenvalue weighted by atomic mass is 10.1. The fraction of sp³-hybridized carbons (Fsp3) is 0.259. The van der Waals surface area contributed by atoms with E-state index in [2.05, 4.69) is 5.32 Å². The molecule has 1 atom stereocenters. The fourth-order valence-electron chi connectivity index (χ4n) is 3.95. The highest BCUT2D eigenvalue weighted by molar-refractivity contribution is 7.92. The Labute approximate surface area is 248 Å². The number of amides is 2. The largest absolute Gasteiger partial charge is 0.357 e. The maximum atomic E-state index is 14.0. The van der Waals surface area contributed by atoms with Gasteiger partial charge in [0.2, 0.25) is 11.8 Å². The van der Waals surface area contributed by atoms with Crippen LogP contribution in [0.25, 0.3) is 0 Å². The molecule has 2 amide bonds. The predicted molar refractivity (Wildman–Crippen MR) is 157 cm³/mol. The second-order valence-corrected chi connectivity index (χ2v) is 12.3. The summed E-state index contributed by atoms with van der Waals surface area (Å²) in [5.74, 6) is -1.06. The van der Waals surface area contributed by atoms with Crippen molar-refractivity contribution in [3.63, 3.8) is 0 Å². The molecular weight excluding hydrogens is 604 g/mol. The van der Waals surface area contributed by atoms with Crippen molar-refractivity contribution in [2.45, 2.75) is 37.8 Å². The van der Waals surface area contributed by atoms with E-state index in [0.717, 1.165) is 9.87 Å². The van der Waals surface area contributed by atoms with Gasteiger partial charge in [-0.25, -0.2) is 8.42 Å². The molecule has 0 aliphatic carbocycles. The van der Waals surface area contributed by atoms with E-state index in [1.165, 1.54) is 48.3 Å². The summed E-state index contributed by atoms with van der Waals surface area (Å²) in [5.41, 5.74) is 1.42. The van der Waals surface area contributed by atoms with Crippen LogP contribution in [0.1, 0.15) is 24.5 Å². The highest BCUT2D eigenvalue weighted by Crippen LogP contribution is 2.33. The molecule has 1 N–H and O–H groups in total. The number of rotatable bonds is 10. The number of nitrogens with one attached hydrogen (secondary N) is 1. The molecule has 39 heavy (non-hydrogen) atoms. The van der Waals surface area contributed by atoms with Crippen molar-refractivity contribution < 1.29 is 18.0 Å². The number of hydrogen-bond donors (Lipinski definition) is 1. The van der Waals surface area contributed by atoms with E-state index in [4.69, 9.17) is 46.4 Å². The van der Waals surface area contributed by atoms with Crippen LogP contribution in [0.15, 0.2) is 65.6 Å². The van der Waals surface area contributed by atoms with Crippen LogP contribution in [0, 0.1) is 6.92 Å². The SMILES string of the molecule is CC[C@H](C(=O)NC)N(Cc1ccc(Cl)cc1Cl)C(=O)CN(c1cc(Cl)ccc1Cl)S(=O)(=O)c1ccc(C)cc1. The molecule has 0 saturated carbocycles. The molecule has 0 spiro atoms.